The minimum absolute atomic E-state index is 0.0741. The Bertz CT molecular complexity index is 1110. The molecule has 0 spiro atoms. The molecule has 1 N–H and O–H groups in total. The molecule has 0 bridgehead atoms. The lowest BCUT2D eigenvalue weighted by Crippen LogP contribution is -2.15. The highest BCUT2D eigenvalue weighted by Gasteiger charge is 2.15. The van der Waals surface area contributed by atoms with Crippen molar-refractivity contribution < 1.29 is 13.6 Å². The van der Waals surface area contributed by atoms with E-state index in [1.807, 2.05) is 30.3 Å². The Balaban J connectivity index is 1.56. The number of anilines is 1. The lowest BCUT2D eigenvalue weighted by Gasteiger charge is -2.09. The predicted molar refractivity (Wildman–Crippen MR) is 111 cm³/mol. The standard InChI is InChI=1S/C23H18FNO2S/c1-14-4-3-5-20(24)22(14)23(26)25-18-8-6-16(7-9-18)19-12-21(28-15(19)2)17-10-11-27-13-17/h3-13H,1-2H3,(H,25,26). The number of carbonyl (C=O) groups excluding carboxylic acids is 1. The maximum absolute atomic E-state index is 14.0. The van der Waals surface area contributed by atoms with E-state index >= 15 is 0 Å². The van der Waals surface area contributed by atoms with E-state index in [4.69, 9.17) is 4.42 Å². The van der Waals surface area contributed by atoms with E-state index < -0.39 is 11.7 Å². The first-order chi connectivity index (χ1) is 13.5. The molecular weight excluding hydrogens is 373 g/mol. The van der Waals surface area contributed by atoms with Crippen LogP contribution in [0.5, 0.6) is 0 Å². The summed E-state index contributed by atoms with van der Waals surface area (Å²) in [5, 5.41) is 2.77. The highest BCUT2D eigenvalue weighted by molar-refractivity contribution is 7.16. The van der Waals surface area contributed by atoms with Crippen molar-refractivity contribution in [2.75, 3.05) is 5.32 Å². The van der Waals surface area contributed by atoms with Gasteiger partial charge in [0.15, 0.2) is 0 Å². The van der Waals surface area contributed by atoms with Crippen molar-refractivity contribution >= 4 is 22.9 Å². The van der Waals surface area contributed by atoms with Crippen LogP contribution >= 0.6 is 11.3 Å². The van der Waals surface area contributed by atoms with Gasteiger partial charge in [0.05, 0.1) is 18.1 Å². The first kappa shape index (κ1) is 18.2. The number of thiophene rings is 1. The molecule has 0 saturated carbocycles. The SMILES string of the molecule is Cc1cccc(F)c1C(=O)Nc1ccc(-c2cc(-c3ccoc3)sc2C)cc1. The van der Waals surface area contributed by atoms with Crippen LogP contribution < -0.4 is 5.32 Å². The van der Waals surface area contributed by atoms with Crippen LogP contribution in [0.15, 0.2) is 71.5 Å². The molecule has 2 aromatic carbocycles. The number of carbonyl (C=O) groups is 1. The molecule has 0 unspecified atom stereocenters. The third-order valence-electron chi connectivity index (χ3n) is 4.63. The summed E-state index contributed by atoms with van der Waals surface area (Å²) in [6, 6.07) is 16.3. The molecule has 0 atom stereocenters. The van der Waals surface area contributed by atoms with E-state index in [9.17, 15) is 9.18 Å². The van der Waals surface area contributed by atoms with Crippen LogP contribution in [0, 0.1) is 19.7 Å². The van der Waals surface area contributed by atoms with Crippen molar-refractivity contribution in [2.45, 2.75) is 13.8 Å². The van der Waals surface area contributed by atoms with Crippen LogP contribution in [-0.2, 0) is 0 Å². The zero-order chi connectivity index (χ0) is 19.7. The first-order valence-corrected chi connectivity index (χ1v) is 9.64. The monoisotopic (exact) mass is 391 g/mol. The van der Waals surface area contributed by atoms with Crippen molar-refractivity contribution in [3.05, 3.63) is 88.9 Å². The van der Waals surface area contributed by atoms with Crippen molar-refractivity contribution in [3.8, 4) is 21.6 Å². The molecular formula is C23H18FNO2S. The predicted octanol–water partition coefficient (Wildman–Crippen LogP) is 6.68. The minimum atomic E-state index is -0.519. The molecule has 4 aromatic rings. The van der Waals surface area contributed by atoms with Gasteiger partial charge in [-0.05, 0) is 60.9 Å². The number of aryl methyl sites for hydroxylation is 2. The molecule has 2 aromatic heterocycles. The Hall–Kier alpha value is -3.18. The fourth-order valence-corrected chi connectivity index (χ4v) is 4.19. The van der Waals surface area contributed by atoms with Crippen LogP contribution in [0.4, 0.5) is 10.1 Å². The molecule has 0 saturated heterocycles. The summed E-state index contributed by atoms with van der Waals surface area (Å²) in [6.07, 6.45) is 3.40. The summed E-state index contributed by atoms with van der Waals surface area (Å²) in [5.41, 5.74) is 4.57. The maximum Gasteiger partial charge on any atom is 0.258 e. The zero-order valence-corrected chi connectivity index (χ0v) is 16.3. The molecule has 5 heteroatoms. The van der Waals surface area contributed by atoms with Crippen LogP contribution in [-0.4, -0.2) is 5.91 Å². The number of nitrogens with one attached hydrogen (secondary N) is 1. The van der Waals surface area contributed by atoms with E-state index in [0.29, 0.717) is 11.3 Å². The van der Waals surface area contributed by atoms with Gasteiger partial charge in [0.25, 0.3) is 5.91 Å². The zero-order valence-electron chi connectivity index (χ0n) is 15.5. The molecule has 3 nitrogen and oxygen atoms in total. The summed E-state index contributed by atoms with van der Waals surface area (Å²) < 4.78 is 19.2. The fraction of sp³-hybridized carbons (Fsp3) is 0.0870. The van der Waals surface area contributed by atoms with Crippen LogP contribution in [0.2, 0.25) is 0 Å². The van der Waals surface area contributed by atoms with Gasteiger partial charge >= 0.3 is 0 Å². The van der Waals surface area contributed by atoms with Gasteiger partial charge in [0, 0.05) is 21.0 Å². The summed E-state index contributed by atoms with van der Waals surface area (Å²) >= 11 is 1.71. The summed E-state index contributed by atoms with van der Waals surface area (Å²) in [6.45, 7) is 3.80. The van der Waals surface area contributed by atoms with Gasteiger partial charge in [-0.3, -0.25) is 4.79 Å². The number of halogens is 1. The van der Waals surface area contributed by atoms with Crippen molar-refractivity contribution in [2.24, 2.45) is 0 Å². The van der Waals surface area contributed by atoms with Crippen molar-refractivity contribution in [1.29, 1.82) is 0 Å². The topological polar surface area (TPSA) is 42.2 Å². The molecule has 1 amide bonds. The second-order valence-electron chi connectivity index (χ2n) is 6.56. The highest BCUT2D eigenvalue weighted by atomic mass is 32.1. The summed E-state index contributed by atoms with van der Waals surface area (Å²) in [7, 11) is 0. The van der Waals surface area contributed by atoms with Gasteiger partial charge in [-0.15, -0.1) is 11.3 Å². The average molecular weight is 391 g/mol. The number of amides is 1. The van der Waals surface area contributed by atoms with E-state index in [-0.39, 0.29) is 5.56 Å². The van der Waals surface area contributed by atoms with Crippen molar-refractivity contribution in [3.63, 3.8) is 0 Å². The van der Waals surface area contributed by atoms with Crippen LogP contribution in [0.1, 0.15) is 20.8 Å². The lowest BCUT2D eigenvalue weighted by molar-refractivity contribution is 0.102. The Morgan fingerprint density at radius 2 is 1.82 bits per heavy atom. The number of furan rings is 1. The second-order valence-corrected chi connectivity index (χ2v) is 7.81. The van der Waals surface area contributed by atoms with Gasteiger partial charge in [0.1, 0.15) is 5.82 Å². The normalized spacial score (nSPS) is 10.8. The smallest absolute Gasteiger partial charge is 0.258 e. The van der Waals surface area contributed by atoms with Gasteiger partial charge in [-0.1, -0.05) is 24.3 Å². The molecule has 0 aliphatic rings. The molecule has 2 heterocycles. The summed E-state index contributed by atoms with van der Waals surface area (Å²) in [5.74, 6) is -0.966. The lowest BCUT2D eigenvalue weighted by atomic mass is 10.0. The van der Waals surface area contributed by atoms with Gasteiger partial charge in [-0.25, -0.2) is 4.39 Å². The van der Waals surface area contributed by atoms with Gasteiger partial charge < -0.3 is 9.73 Å². The first-order valence-electron chi connectivity index (χ1n) is 8.83. The maximum atomic E-state index is 14.0. The molecule has 4 rings (SSSR count). The van der Waals surface area contributed by atoms with E-state index in [0.717, 1.165) is 21.6 Å². The number of rotatable bonds is 4. The molecule has 0 fully saturated rings. The average Bonchev–Trinajstić information content (AvgIpc) is 3.32. The van der Waals surface area contributed by atoms with Crippen LogP contribution in [0.25, 0.3) is 21.6 Å². The van der Waals surface area contributed by atoms with E-state index in [2.05, 4.69) is 18.3 Å². The molecule has 140 valence electrons. The van der Waals surface area contributed by atoms with Gasteiger partial charge in [0.2, 0.25) is 0 Å². The van der Waals surface area contributed by atoms with Gasteiger partial charge in [-0.2, -0.15) is 0 Å². The largest absolute Gasteiger partial charge is 0.472 e. The highest BCUT2D eigenvalue weighted by Crippen LogP contribution is 2.37. The quantitative estimate of drug-likeness (QED) is 0.421. The molecule has 0 aliphatic carbocycles. The summed E-state index contributed by atoms with van der Waals surface area (Å²) in [4.78, 5) is 14.8. The fourth-order valence-electron chi connectivity index (χ4n) is 3.16. The Morgan fingerprint density at radius 3 is 2.50 bits per heavy atom. The third-order valence-corrected chi connectivity index (χ3v) is 5.73. The Kier molecular flexibility index (Phi) is 4.84. The second kappa shape index (κ2) is 7.44. The number of hydrogen-bond acceptors (Lipinski definition) is 3. The van der Waals surface area contributed by atoms with E-state index in [1.54, 1.807) is 42.9 Å². The van der Waals surface area contributed by atoms with Crippen molar-refractivity contribution in [1.82, 2.24) is 0 Å². The Morgan fingerprint density at radius 1 is 1.04 bits per heavy atom. The minimum Gasteiger partial charge on any atom is -0.472 e. The number of benzene rings is 2. The molecule has 28 heavy (non-hydrogen) atoms. The molecule has 0 radical (unpaired) electrons. The third kappa shape index (κ3) is 3.49. The number of hydrogen-bond donors (Lipinski definition) is 1. The molecule has 0 aliphatic heterocycles. The van der Waals surface area contributed by atoms with E-state index in [1.165, 1.54) is 10.9 Å². The Labute approximate surface area is 166 Å². The van der Waals surface area contributed by atoms with Crippen LogP contribution in [0.3, 0.4) is 0 Å².